The van der Waals surface area contributed by atoms with Gasteiger partial charge in [0.1, 0.15) is 24.2 Å². The van der Waals surface area contributed by atoms with Crippen molar-refractivity contribution in [2.24, 2.45) is 0 Å². The predicted octanol–water partition coefficient (Wildman–Crippen LogP) is 19.5. The van der Waals surface area contributed by atoms with Gasteiger partial charge in [0.2, 0.25) is 5.91 Å². The van der Waals surface area contributed by atoms with Gasteiger partial charge in [-0.1, -0.05) is 219 Å². The third-order valence-corrected chi connectivity index (χ3v) is 28.3. The summed E-state index contributed by atoms with van der Waals surface area (Å²) in [6, 6.07) is 54.2. The number of unbranched alkanes of at least 4 members (excludes halogenated alkanes) is 6. The Kier molecular flexibility index (Phi) is 41.6. The van der Waals surface area contributed by atoms with Crippen LogP contribution < -0.4 is 25.4 Å². The summed E-state index contributed by atoms with van der Waals surface area (Å²) < 4.78 is 21.9. The highest BCUT2D eigenvalue weighted by atomic mass is 35.5. The normalized spacial score (nSPS) is 14.6. The summed E-state index contributed by atoms with van der Waals surface area (Å²) in [5.74, 6) is -2.23. The first-order valence-corrected chi connectivity index (χ1v) is 53.1. The zero-order chi connectivity index (χ0) is 106. The summed E-state index contributed by atoms with van der Waals surface area (Å²) in [6.45, 7) is 21.5. The van der Waals surface area contributed by atoms with E-state index in [0.29, 0.717) is 158 Å². The van der Waals surface area contributed by atoms with Gasteiger partial charge in [0, 0.05) is 99.1 Å². The number of hydrogen-bond acceptors (Lipinski definition) is 19. The average molecular weight is 2090 g/mol. The van der Waals surface area contributed by atoms with E-state index in [9.17, 15) is 63.7 Å². The molecule has 0 unspecified atom stereocenters. The SMILES string of the molecule is CCCCN(CCCC)C(=O)c1cc(C)n(-c2ccc(NC(=O)COC3CCCCC3)cc2C(=O)N2Cc3ccccc3C[C@H]2CO)n1.CCCCN(CCCC)C(=O)c1cc(C)n(-c2ccc(NC(=O)COc3cc(Cl)c(Cl)cc3Cl)cc2C(=O)N2Cc3ccccc3C[C@H]2CO)n1.CCCCN(CCCC)C(=O)c1cc(C)n(-c2ccc(NC(=O)COc3ccccc3C#N)cc2C(=O)N2Cc3ccccc3C[C@H]2CO)n1. The molecule has 1 saturated carbocycles. The quantitative estimate of drug-likeness (QED) is 0.0194. The molecule has 34 heteroatoms. The van der Waals surface area contributed by atoms with Crippen LogP contribution in [0.15, 0.2) is 182 Å². The second-order valence-electron chi connectivity index (χ2n) is 38.3. The molecule has 788 valence electrons. The van der Waals surface area contributed by atoms with Crippen LogP contribution in [0.3, 0.4) is 0 Å². The molecule has 4 aliphatic rings. The molecule has 0 saturated heterocycles. The van der Waals surface area contributed by atoms with Crippen LogP contribution in [-0.2, 0) is 58.0 Å². The van der Waals surface area contributed by atoms with Crippen molar-refractivity contribution in [2.45, 2.75) is 235 Å². The second kappa shape index (κ2) is 55.1. The van der Waals surface area contributed by atoms with Crippen LogP contribution >= 0.6 is 34.8 Å². The molecule has 15 rings (SSSR count). The molecule has 0 radical (unpaired) electrons. The number of amides is 9. The van der Waals surface area contributed by atoms with Crippen molar-refractivity contribution < 1.29 is 72.7 Å². The highest BCUT2D eigenvalue weighted by Gasteiger charge is 2.38. The number of carbonyl (C=O) groups excluding carboxylic acids is 9. The lowest BCUT2D eigenvalue weighted by atomic mass is 9.93. The number of aliphatic hydroxyl groups is 3. The number of fused-ring (bicyclic) bond motifs is 3. The number of halogens is 3. The molecule has 1 aliphatic carbocycles. The van der Waals surface area contributed by atoms with Crippen molar-refractivity contribution >= 4 is 105 Å². The molecule has 3 atom stereocenters. The van der Waals surface area contributed by atoms with E-state index in [-0.39, 0.29) is 118 Å². The Morgan fingerprint density at radius 2 is 0.691 bits per heavy atom. The molecule has 0 spiro atoms. The average Bonchev–Trinajstić information content (AvgIpc) is 1.76. The van der Waals surface area contributed by atoms with Gasteiger partial charge in [-0.3, -0.25) is 43.2 Å². The number of hydrogen-bond donors (Lipinski definition) is 6. The number of carbonyl (C=O) groups is 9. The molecule has 11 aromatic rings. The third kappa shape index (κ3) is 29.1. The lowest BCUT2D eigenvalue weighted by molar-refractivity contribution is -0.123. The maximum absolute atomic E-state index is 14.5. The van der Waals surface area contributed by atoms with Gasteiger partial charge in [-0.05, 0) is 216 Å². The first-order valence-electron chi connectivity index (χ1n) is 52.0. The standard InChI is InChI=1S/C39H44N6O5.C38H42Cl3N5O5.C38H51N5O5/c1-4-6-18-43(19-7-5-2)39(49)34-20-27(3)45(42-34)35-17-16-31(41-37(47)26-50-36-15-11-10-13-29(36)23-40)22-33(35)38(48)44-24-30-14-9-8-12-28(30)21-32(44)25-46;1-4-6-14-44(15-7-5-2)38(50)33-16-24(3)46(43-33)34-13-12-27(42-36(48)23-51-35-20-31(40)30(39)19-32(35)41)18-29(34)37(49)45-21-26-11-9-8-10-25(26)17-28(45)22-47;1-4-6-19-41(20-7-5-2)38(47)34-21-27(3)43(40-34)35-18-17-30(39-36(45)26-48-32-15-9-8-10-16-32)23-33(35)37(46)42-24-29-14-12-11-13-28(29)22-31(42)25-44/h8-17,20,22,32,46H,4-7,18-19,21,24-26H2,1-3H3,(H,41,47);8-13,16,18-20,28,47H,4-7,14-15,17,21-23H2,1-3H3,(H,42,48);11-14,17-18,21,23,31-32,44H,4-10,15-16,19-20,22,24-26H2,1-3H3,(H,39,45)/t32-;28-;31-/m000/s1. The van der Waals surface area contributed by atoms with Crippen molar-refractivity contribution in [3.63, 3.8) is 0 Å². The van der Waals surface area contributed by atoms with Crippen LogP contribution in [0.2, 0.25) is 15.1 Å². The maximum Gasteiger partial charge on any atom is 0.274 e. The van der Waals surface area contributed by atoms with Gasteiger partial charge in [0.25, 0.3) is 47.3 Å². The van der Waals surface area contributed by atoms with Crippen LogP contribution in [0.25, 0.3) is 17.1 Å². The molecule has 3 aromatic heterocycles. The van der Waals surface area contributed by atoms with Gasteiger partial charge < -0.3 is 74.9 Å². The van der Waals surface area contributed by atoms with E-state index in [1.54, 1.807) is 126 Å². The summed E-state index contributed by atoms with van der Waals surface area (Å²) in [7, 11) is 0. The summed E-state index contributed by atoms with van der Waals surface area (Å²) >= 11 is 18.3. The third-order valence-electron chi connectivity index (χ3n) is 27.3. The number of nitriles is 1. The highest BCUT2D eigenvalue weighted by Crippen LogP contribution is 2.38. The topological polar surface area (TPSA) is 375 Å². The first kappa shape index (κ1) is 113. The Morgan fingerprint density at radius 3 is 1.02 bits per heavy atom. The number of ether oxygens (including phenoxy) is 3. The Hall–Kier alpha value is -13.6. The minimum Gasteiger partial charge on any atom is -0.482 e. The molecular formula is C115H137Cl3N16O15. The zero-order valence-electron chi connectivity index (χ0n) is 86.6. The Bertz CT molecular complexity index is 6540. The number of aliphatic hydroxyl groups excluding tert-OH is 3. The van der Waals surface area contributed by atoms with E-state index in [0.717, 1.165) is 136 Å². The number of aryl methyl sites for hydroxylation is 3. The molecule has 6 heterocycles. The molecular weight excluding hydrogens is 1950 g/mol. The first-order chi connectivity index (χ1) is 72.1. The molecule has 6 N–H and O–H groups in total. The maximum atomic E-state index is 14.5. The van der Waals surface area contributed by atoms with Crippen molar-refractivity contribution in [2.75, 3.05) is 94.9 Å². The number of aromatic nitrogens is 6. The van der Waals surface area contributed by atoms with Crippen LogP contribution in [0.1, 0.15) is 269 Å². The molecule has 9 amide bonds. The smallest absolute Gasteiger partial charge is 0.274 e. The molecule has 149 heavy (non-hydrogen) atoms. The van der Waals surface area contributed by atoms with Crippen molar-refractivity contribution in [3.8, 4) is 34.6 Å². The van der Waals surface area contributed by atoms with Gasteiger partial charge >= 0.3 is 0 Å². The fourth-order valence-electron chi connectivity index (χ4n) is 18.9. The van der Waals surface area contributed by atoms with E-state index in [4.69, 9.17) is 64.3 Å². The van der Waals surface area contributed by atoms with Crippen LogP contribution in [0, 0.1) is 32.1 Å². The van der Waals surface area contributed by atoms with Crippen LogP contribution in [0.5, 0.6) is 11.5 Å². The summed E-state index contributed by atoms with van der Waals surface area (Å²) in [5, 5.41) is 63.9. The Morgan fingerprint density at radius 1 is 0.383 bits per heavy atom. The van der Waals surface area contributed by atoms with Gasteiger partial charge in [-0.2, -0.15) is 20.6 Å². The molecule has 1 fully saturated rings. The van der Waals surface area contributed by atoms with Gasteiger partial charge in [0.05, 0.1) is 98.4 Å². The number of benzene rings is 8. The molecule has 8 aromatic carbocycles. The van der Waals surface area contributed by atoms with Gasteiger partial charge in [-0.15, -0.1) is 0 Å². The van der Waals surface area contributed by atoms with Crippen LogP contribution in [0.4, 0.5) is 17.1 Å². The van der Waals surface area contributed by atoms with Gasteiger partial charge in [0.15, 0.2) is 30.3 Å². The van der Waals surface area contributed by atoms with E-state index >= 15 is 0 Å². The van der Waals surface area contributed by atoms with Gasteiger partial charge in [-0.25, -0.2) is 14.0 Å². The van der Waals surface area contributed by atoms with Crippen molar-refractivity contribution in [3.05, 3.63) is 287 Å². The van der Waals surface area contributed by atoms with E-state index in [1.807, 2.05) is 114 Å². The van der Waals surface area contributed by atoms with Crippen LogP contribution in [-0.4, -0.2) is 230 Å². The lowest BCUT2D eigenvalue weighted by Crippen LogP contribution is -2.46. The molecule has 31 nitrogen and oxygen atoms in total. The van der Waals surface area contributed by atoms with Crippen molar-refractivity contribution in [1.29, 1.82) is 5.26 Å². The molecule has 3 aliphatic heterocycles. The second-order valence-corrected chi connectivity index (χ2v) is 39.5. The highest BCUT2D eigenvalue weighted by molar-refractivity contribution is 6.43. The minimum absolute atomic E-state index is 0.0541. The fourth-order valence-corrected chi connectivity index (χ4v) is 19.5. The summed E-state index contributed by atoms with van der Waals surface area (Å²) in [5.41, 5.74) is 12.8. The summed E-state index contributed by atoms with van der Waals surface area (Å²) in [6.07, 6.45) is 18.2. The molecule has 0 bridgehead atoms. The monoisotopic (exact) mass is 2090 g/mol. The van der Waals surface area contributed by atoms with E-state index in [1.165, 1.54) is 18.6 Å². The van der Waals surface area contributed by atoms with E-state index < -0.39 is 36.5 Å². The zero-order valence-corrected chi connectivity index (χ0v) is 88.8. The largest absolute Gasteiger partial charge is 0.482 e. The lowest BCUT2D eigenvalue weighted by Gasteiger charge is -2.36. The summed E-state index contributed by atoms with van der Waals surface area (Å²) in [4.78, 5) is 134. The number of para-hydroxylation sites is 1. The Labute approximate surface area is 887 Å². The predicted molar refractivity (Wildman–Crippen MR) is 577 cm³/mol. The number of nitrogens with one attached hydrogen (secondary N) is 3. The Balaban J connectivity index is 0.000000186. The van der Waals surface area contributed by atoms with Crippen molar-refractivity contribution in [1.82, 2.24) is 58.7 Å². The minimum atomic E-state index is -0.508. The fraction of sp³-hybridized carbons (Fsp3) is 0.417. The number of anilines is 3. The number of rotatable bonds is 42. The van der Waals surface area contributed by atoms with E-state index in [2.05, 4.69) is 57.5 Å². The number of nitrogens with zero attached hydrogens (tertiary/aromatic N) is 13.